The fourth-order valence-corrected chi connectivity index (χ4v) is 5.91. The van der Waals surface area contributed by atoms with Crippen LogP contribution in [0.5, 0.6) is 23.0 Å². The fraction of sp³-hybridized carbons (Fsp3) is 0.375. The van der Waals surface area contributed by atoms with Gasteiger partial charge in [0.05, 0.1) is 39.0 Å². The number of nitrogens with one attached hydrogen (secondary N) is 1. The number of anilines is 1. The minimum atomic E-state index is -4.51. The molecule has 1 unspecified atom stereocenters. The van der Waals surface area contributed by atoms with Gasteiger partial charge in [0.15, 0.2) is 11.5 Å². The first kappa shape index (κ1) is 35.0. The first-order valence-electron chi connectivity index (χ1n) is 14.0. The van der Waals surface area contributed by atoms with Gasteiger partial charge in [-0.05, 0) is 58.0 Å². The fourth-order valence-electron chi connectivity index (χ4n) is 4.48. The van der Waals surface area contributed by atoms with Gasteiger partial charge in [0.25, 0.3) is 10.0 Å². The summed E-state index contributed by atoms with van der Waals surface area (Å²) in [5.74, 6) is -0.977. The van der Waals surface area contributed by atoms with Crippen molar-refractivity contribution >= 4 is 27.5 Å². The second-order valence-corrected chi connectivity index (χ2v) is 13.0. The zero-order valence-electron chi connectivity index (χ0n) is 26.7. The van der Waals surface area contributed by atoms with Crippen LogP contribution in [0.2, 0.25) is 0 Å². The van der Waals surface area contributed by atoms with Crippen LogP contribution in [0.15, 0.2) is 65.6 Å². The van der Waals surface area contributed by atoms with E-state index in [-0.39, 0.29) is 34.2 Å². The molecule has 2 amide bonds. The summed E-state index contributed by atoms with van der Waals surface area (Å²) in [6, 6.07) is 13.3. The minimum Gasteiger partial charge on any atom is -0.497 e. The van der Waals surface area contributed by atoms with Gasteiger partial charge in [-0.3, -0.25) is 13.9 Å². The Morgan fingerprint density at radius 2 is 1.49 bits per heavy atom. The molecule has 1 N–H and O–H groups in total. The number of carbonyl (C=O) groups is 2. The number of rotatable bonds is 13. The third-order valence-corrected chi connectivity index (χ3v) is 8.60. The molecule has 0 bridgehead atoms. The van der Waals surface area contributed by atoms with E-state index in [0.717, 1.165) is 9.21 Å². The van der Waals surface area contributed by atoms with Gasteiger partial charge in [-0.2, -0.15) is 0 Å². The maximum Gasteiger partial charge on any atom is 0.265 e. The molecule has 0 aliphatic rings. The van der Waals surface area contributed by atoms with Crippen LogP contribution in [-0.4, -0.2) is 71.7 Å². The number of sulfonamides is 1. The number of hydrogen-bond acceptors (Lipinski definition) is 8. The Kier molecular flexibility index (Phi) is 11.3. The Hall–Kier alpha value is -4.52. The summed E-state index contributed by atoms with van der Waals surface area (Å²) in [5.41, 5.74) is -0.485. The highest BCUT2D eigenvalue weighted by Gasteiger charge is 2.35. The average Bonchev–Trinajstić information content (AvgIpc) is 3.01. The van der Waals surface area contributed by atoms with Gasteiger partial charge in [-0.15, -0.1) is 0 Å². The number of benzene rings is 3. The van der Waals surface area contributed by atoms with Crippen molar-refractivity contribution in [2.45, 2.75) is 50.7 Å². The van der Waals surface area contributed by atoms with Crippen molar-refractivity contribution in [3.63, 3.8) is 0 Å². The molecule has 0 fully saturated rings. The summed E-state index contributed by atoms with van der Waals surface area (Å²) in [6.07, 6.45) is 0. The molecule has 0 saturated carbocycles. The Morgan fingerprint density at radius 1 is 0.867 bits per heavy atom. The van der Waals surface area contributed by atoms with Crippen LogP contribution >= 0.6 is 0 Å². The van der Waals surface area contributed by atoms with E-state index in [9.17, 15) is 22.4 Å². The van der Waals surface area contributed by atoms with Gasteiger partial charge < -0.3 is 29.2 Å². The van der Waals surface area contributed by atoms with Crippen molar-refractivity contribution in [3.8, 4) is 23.0 Å². The average molecular weight is 646 g/mol. The third-order valence-electron chi connectivity index (χ3n) is 6.84. The zero-order chi connectivity index (χ0) is 33.5. The molecule has 0 aliphatic heterocycles. The highest BCUT2D eigenvalue weighted by Crippen LogP contribution is 2.38. The van der Waals surface area contributed by atoms with Crippen molar-refractivity contribution in [1.82, 2.24) is 10.2 Å². The van der Waals surface area contributed by atoms with Gasteiger partial charge in [0.2, 0.25) is 11.8 Å². The van der Waals surface area contributed by atoms with Crippen LogP contribution < -0.4 is 28.6 Å². The standard InChI is InChI=1S/C32H40FN3O8S/c1-21(31(38)34-32(2,3)4)35(19-22-11-9-10-12-25(22)33)30(37)20-36(26-17-23(41-5)13-15-27(26)42-6)45(39,40)24-14-16-28(43-7)29(18-24)44-8/h9-18,21H,19-20H2,1-8H3,(H,34,38). The second-order valence-electron chi connectivity index (χ2n) is 11.1. The molecule has 3 rings (SSSR count). The maximum absolute atomic E-state index is 14.8. The van der Waals surface area contributed by atoms with Crippen molar-refractivity contribution in [3.05, 3.63) is 72.0 Å². The normalized spacial score (nSPS) is 12.1. The molecule has 0 aliphatic carbocycles. The van der Waals surface area contributed by atoms with E-state index >= 15 is 0 Å². The molecule has 3 aromatic carbocycles. The van der Waals surface area contributed by atoms with E-state index in [2.05, 4.69) is 5.32 Å². The number of halogens is 1. The summed E-state index contributed by atoms with van der Waals surface area (Å²) in [5, 5.41) is 2.83. The number of methoxy groups -OCH3 is 4. The minimum absolute atomic E-state index is 0.00220. The second kappa shape index (κ2) is 14.5. The maximum atomic E-state index is 14.8. The molecule has 3 aromatic rings. The van der Waals surface area contributed by atoms with Crippen LogP contribution in [-0.2, 0) is 26.2 Å². The molecule has 13 heteroatoms. The zero-order valence-corrected chi connectivity index (χ0v) is 27.5. The highest BCUT2D eigenvalue weighted by molar-refractivity contribution is 7.92. The monoisotopic (exact) mass is 645 g/mol. The van der Waals surface area contributed by atoms with Crippen molar-refractivity contribution in [2.24, 2.45) is 0 Å². The van der Waals surface area contributed by atoms with Crippen LogP contribution in [0, 0.1) is 5.82 Å². The molecule has 0 saturated heterocycles. The van der Waals surface area contributed by atoms with Gasteiger partial charge in [0, 0.05) is 29.8 Å². The molecular formula is C32H40FN3O8S. The largest absolute Gasteiger partial charge is 0.497 e. The Labute approximate surface area is 263 Å². The molecule has 11 nitrogen and oxygen atoms in total. The molecule has 0 spiro atoms. The van der Waals surface area contributed by atoms with Gasteiger partial charge >= 0.3 is 0 Å². The Bertz CT molecular complexity index is 1620. The molecule has 244 valence electrons. The summed E-state index contributed by atoms with van der Waals surface area (Å²) in [4.78, 5) is 28.4. The molecule has 0 heterocycles. The molecule has 1 atom stereocenters. The topological polar surface area (TPSA) is 124 Å². The van der Waals surface area contributed by atoms with E-state index in [1.165, 1.54) is 83.9 Å². The molecule has 0 radical (unpaired) electrons. The number of amides is 2. The smallest absolute Gasteiger partial charge is 0.265 e. The number of carbonyl (C=O) groups excluding carboxylic acids is 2. The summed E-state index contributed by atoms with van der Waals surface area (Å²) in [7, 11) is 1.04. The molecular weight excluding hydrogens is 605 g/mol. The lowest BCUT2D eigenvalue weighted by Crippen LogP contribution is -2.54. The van der Waals surface area contributed by atoms with Crippen LogP contribution in [0.3, 0.4) is 0 Å². The summed E-state index contributed by atoms with van der Waals surface area (Å²) >= 11 is 0. The van der Waals surface area contributed by atoms with Crippen LogP contribution in [0.4, 0.5) is 10.1 Å². The van der Waals surface area contributed by atoms with Gasteiger partial charge in [0.1, 0.15) is 29.9 Å². The lowest BCUT2D eigenvalue weighted by molar-refractivity contribution is -0.140. The number of hydrogen-bond donors (Lipinski definition) is 1. The highest BCUT2D eigenvalue weighted by atomic mass is 32.2. The van der Waals surface area contributed by atoms with Gasteiger partial charge in [-0.1, -0.05) is 18.2 Å². The van der Waals surface area contributed by atoms with Gasteiger partial charge in [-0.25, -0.2) is 12.8 Å². The van der Waals surface area contributed by atoms with Crippen molar-refractivity contribution < 1.29 is 41.3 Å². The molecule has 45 heavy (non-hydrogen) atoms. The van der Waals surface area contributed by atoms with Crippen molar-refractivity contribution in [1.29, 1.82) is 0 Å². The van der Waals surface area contributed by atoms with E-state index in [4.69, 9.17) is 18.9 Å². The lowest BCUT2D eigenvalue weighted by Gasteiger charge is -2.34. The number of ether oxygens (including phenoxy) is 4. The van der Waals surface area contributed by atoms with E-state index in [1.54, 1.807) is 32.9 Å². The first-order valence-corrected chi connectivity index (χ1v) is 15.4. The van der Waals surface area contributed by atoms with Crippen molar-refractivity contribution in [2.75, 3.05) is 39.3 Å². The Balaban J connectivity index is 2.19. The summed E-state index contributed by atoms with van der Waals surface area (Å²) in [6.45, 7) is 5.78. The quantitative estimate of drug-likeness (QED) is 0.291. The summed E-state index contributed by atoms with van der Waals surface area (Å²) < 4.78 is 65.8. The lowest BCUT2D eigenvalue weighted by atomic mass is 10.1. The third kappa shape index (κ3) is 8.35. The van der Waals surface area contributed by atoms with E-state index in [1.807, 2.05) is 0 Å². The number of nitrogens with zero attached hydrogens (tertiary/aromatic N) is 2. The predicted molar refractivity (Wildman–Crippen MR) is 168 cm³/mol. The Morgan fingerprint density at radius 3 is 2.07 bits per heavy atom. The van der Waals surface area contributed by atoms with Crippen LogP contribution in [0.25, 0.3) is 0 Å². The van der Waals surface area contributed by atoms with Crippen LogP contribution in [0.1, 0.15) is 33.3 Å². The van der Waals surface area contributed by atoms with E-state index < -0.39 is 45.8 Å². The SMILES string of the molecule is COc1ccc(OC)c(N(CC(=O)N(Cc2ccccc2F)C(C)C(=O)NC(C)(C)C)S(=O)(=O)c2ccc(OC)c(OC)c2)c1. The molecule has 0 aromatic heterocycles. The first-order chi connectivity index (χ1) is 21.2. The van der Waals surface area contributed by atoms with E-state index in [0.29, 0.717) is 11.5 Å². The predicted octanol–water partition coefficient (Wildman–Crippen LogP) is 4.39.